The second kappa shape index (κ2) is 9.00. The van der Waals surface area contributed by atoms with Gasteiger partial charge in [-0.2, -0.15) is 8.78 Å². The Labute approximate surface area is 191 Å². The summed E-state index contributed by atoms with van der Waals surface area (Å²) >= 11 is 6.08. The quantitative estimate of drug-likeness (QED) is 0.499. The molecule has 1 aliphatic rings. The van der Waals surface area contributed by atoms with E-state index < -0.39 is 29.7 Å². The van der Waals surface area contributed by atoms with E-state index in [0.717, 1.165) is 6.07 Å². The molecule has 0 unspecified atom stereocenters. The van der Waals surface area contributed by atoms with Gasteiger partial charge >= 0.3 is 17.9 Å². The Morgan fingerprint density at radius 3 is 2.61 bits per heavy atom. The van der Waals surface area contributed by atoms with Gasteiger partial charge in [-0.1, -0.05) is 35.9 Å². The minimum Gasteiger partial charge on any atom is -0.455 e. The molecule has 1 aliphatic heterocycles. The molecule has 3 amide bonds. The number of hydrazine groups is 1. The fraction of sp³-hybridized carbons (Fsp3) is 0.136. The second-order valence-corrected chi connectivity index (χ2v) is 7.51. The van der Waals surface area contributed by atoms with Crippen LogP contribution in [0.25, 0.3) is 0 Å². The number of ether oxygens (including phenoxy) is 1. The number of pyridine rings is 1. The van der Waals surface area contributed by atoms with Gasteiger partial charge in [0.05, 0.1) is 17.9 Å². The number of carbonyl (C=O) groups excluding carboxylic acids is 2. The van der Waals surface area contributed by atoms with E-state index in [0.29, 0.717) is 22.1 Å². The van der Waals surface area contributed by atoms with Gasteiger partial charge in [-0.3, -0.25) is 20.1 Å². The lowest BCUT2D eigenvalue weighted by atomic mass is 10.1. The topological polar surface area (TPSA) is 104 Å². The van der Waals surface area contributed by atoms with Crippen LogP contribution in [0.4, 0.5) is 19.3 Å². The summed E-state index contributed by atoms with van der Waals surface area (Å²) < 4.78 is 34.7. The number of amides is 3. The number of aliphatic hydroxyl groups is 1. The number of fused-ring (bicyclic) bond motifs is 2. The maximum absolute atomic E-state index is 14.4. The largest absolute Gasteiger partial charge is 0.455 e. The van der Waals surface area contributed by atoms with Crippen LogP contribution in [-0.4, -0.2) is 28.0 Å². The van der Waals surface area contributed by atoms with Gasteiger partial charge in [-0.25, -0.2) is 10.2 Å². The van der Waals surface area contributed by atoms with Crippen LogP contribution in [0.3, 0.4) is 0 Å². The zero-order valence-corrected chi connectivity index (χ0v) is 17.6. The lowest BCUT2D eigenvalue weighted by molar-refractivity contribution is -0.165. The fourth-order valence-electron chi connectivity index (χ4n) is 3.19. The second-order valence-electron chi connectivity index (χ2n) is 7.07. The molecule has 0 spiro atoms. The molecule has 0 fully saturated rings. The number of alkyl halides is 2. The number of benzene rings is 2. The Bertz CT molecular complexity index is 1200. The van der Waals surface area contributed by atoms with Gasteiger partial charge in [-0.05, 0) is 36.4 Å². The number of aliphatic hydroxyl groups excluding tert-OH is 1. The molecule has 2 aromatic carbocycles. The highest BCUT2D eigenvalue weighted by molar-refractivity contribution is 6.31. The number of anilines is 1. The van der Waals surface area contributed by atoms with E-state index in [4.69, 9.17) is 16.3 Å². The van der Waals surface area contributed by atoms with Crippen molar-refractivity contribution in [3.8, 4) is 11.5 Å². The van der Waals surface area contributed by atoms with Crippen molar-refractivity contribution in [2.24, 2.45) is 0 Å². The van der Waals surface area contributed by atoms with Crippen LogP contribution in [0.5, 0.6) is 11.5 Å². The SMILES string of the molecule is O=C(NNC(=O)C(F)(F)[C@@H](O)c1ccccn1)N1Cc2ccccc2Oc2ccc(Cl)cc21. The molecular formula is C22H17ClF2N4O4. The molecule has 0 radical (unpaired) electrons. The Morgan fingerprint density at radius 1 is 1.09 bits per heavy atom. The Morgan fingerprint density at radius 2 is 1.85 bits per heavy atom. The molecule has 1 atom stereocenters. The van der Waals surface area contributed by atoms with Gasteiger partial charge in [0, 0.05) is 16.8 Å². The predicted molar refractivity (Wildman–Crippen MR) is 115 cm³/mol. The minimum atomic E-state index is -4.27. The van der Waals surface area contributed by atoms with Gasteiger partial charge in [0.2, 0.25) is 0 Å². The molecule has 8 nitrogen and oxygen atoms in total. The van der Waals surface area contributed by atoms with Gasteiger partial charge in [0.15, 0.2) is 11.9 Å². The third-order valence-corrected chi connectivity index (χ3v) is 5.11. The first-order chi connectivity index (χ1) is 15.8. The van der Waals surface area contributed by atoms with E-state index in [9.17, 15) is 23.5 Å². The smallest absolute Gasteiger partial charge is 0.357 e. The van der Waals surface area contributed by atoms with Gasteiger partial charge < -0.3 is 9.84 Å². The monoisotopic (exact) mass is 474 g/mol. The van der Waals surface area contributed by atoms with Gasteiger partial charge in [0.1, 0.15) is 5.75 Å². The maximum Gasteiger partial charge on any atom is 0.357 e. The maximum atomic E-state index is 14.4. The number of hydrogen-bond donors (Lipinski definition) is 3. The Kier molecular flexibility index (Phi) is 6.12. The molecule has 170 valence electrons. The van der Waals surface area contributed by atoms with Crippen LogP contribution in [0.1, 0.15) is 17.4 Å². The highest BCUT2D eigenvalue weighted by Gasteiger charge is 2.48. The average molecular weight is 475 g/mol. The molecule has 2 heterocycles. The van der Waals surface area contributed by atoms with Crippen LogP contribution in [0.15, 0.2) is 66.9 Å². The van der Waals surface area contributed by atoms with Crippen LogP contribution >= 0.6 is 11.6 Å². The van der Waals surface area contributed by atoms with E-state index in [1.807, 2.05) is 5.43 Å². The van der Waals surface area contributed by atoms with Crippen molar-refractivity contribution in [3.05, 3.63) is 83.1 Å². The zero-order valence-electron chi connectivity index (χ0n) is 16.8. The molecule has 0 aliphatic carbocycles. The summed E-state index contributed by atoms with van der Waals surface area (Å²) in [5, 5.41) is 10.2. The zero-order chi connectivity index (χ0) is 23.6. The van der Waals surface area contributed by atoms with Crippen molar-refractivity contribution in [3.63, 3.8) is 0 Å². The summed E-state index contributed by atoms with van der Waals surface area (Å²) in [5.74, 6) is -5.36. The van der Waals surface area contributed by atoms with Crippen molar-refractivity contribution in [2.45, 2.75) is 18.6 Å². The summed E-state index contributed by atoms with van der Waals surface area (Å²) in [6.07, 6.45) is -1.30. The predicted octanol–water partition coefficient (Wildman–Crippen LogP) is 3.96. The number of urea groups is 1. The molecule has 33 heavy (non-hydrogen) atoms. The molecule has 3 N–H and O–H groups in total. The van der Waals surface area contributed by atoms with Crippen molar-refractivity contribution < 1.29 is 28.2 Å². The normalized spacial score (nSPS) is 13.6. The van der Waals surface area contributed by atoms with E-state index in [2.05, 4.69) is 4.98 Å². The Hall–Kier alpha value is -3.76. The summed E-state index contributed by atoms with van der Waals surface area (Å²) in [6.45, 7) is 0.0121. The number of para-hydroxylation sites is 1. The standard InChI is InChI=1S/C22H17ClF2N4O4/c23-14-8-9-18-16(11-14)29(12-13-5-1-2-7-17(13)33-18)21(32)28-27-20(31)22(24,25)19(30)15-6-3-4-10-26-15/h1-11,19,30H,12H2,(H,27,31)(H,28,32)/t19-/m0/s1. The molecular weight excluding hydrogens is 458 g/mol. The van der Waals surface area contributed by atoms with E-state index in [-0.39, 0.29) is 12.2 Å². The van der Waals surface area contributed by atoms with Crippen LogP contribution in [0.2, 0.25) is 5.02 Å². The lowest BCUT2D eigenvalue weighted by Crippen LogP contribution is -2.54. The van der Waals surface area contributed by atoms with Crippen LogP contribution in [-0.2, 0) is 11.3 Å². The highest BCUT2D eigenvalue weighted by atomic mass is 35.5. The molecule has 3 aromatic rings. The number of rotatable bonds is 3. The number of nitrogens with zero attached hydrogens (tertiary/aromatic N) is 2. The molecule has 0 saturated heterocycles. The number of carbonyl (C=O) groups is 2. The summed E-state index contributed by atoms with van der Waals surface area (Å²) in [4.78, 5) is 29.8. The molecule has 1 aromatic heterocycles. The van der Waals surface area contributed by atoms with Gasteiger partial charge in [0.25, 0.3) is 0 Å². The number of halogens is 3. The molecule has 0 bridgehead atoms. The highest BCUT2D eigenvalue weighted by Crippen LogP contribution is 2.40. The third-order valence-electron chi connectivity index (χ3n) is 4.87. The van der Waals surface area contributed by atoms with Crippen LogP contribution < -0.4 is 20.5 Å². The van der Waals surface area contributed by atoms with Crippen molar-refractivity contribution in [1.29, 1.82) is 0 Å². The average Bonchev–Trinajstić information content (AvgIpc) is 2.98. The van der Waals surface area contributed by atoms with Crippen molar-refractivity contribution in [2.75, 3.05) is 4.90 Å². The first-order valence-electron chi connectivity index (χ1n) is 9.67. The summed E-state index contributed by atoms with van der Waals surface area (Å²) in [5.41, 5.74) is 4.15. The van der Waals surface area contributed by atoms with Crippen molar-refractivity contribution >= 4 is 29.2 Å². The third kappa shape index (κ3) is 4.57. The fourth-order valence-corrected chi connectivity index (χ4v) is 3.35. The van der Waals surface area contributed by atoms with E-state index in [1.54, 1.807) is 41.8 Å². The van der Waals surface area contributed by atoms with Crippen molar-refractivity contribution in [1.82, 2.24) is 15.8 Å². The van der Waals surface area contributed by atoms with E-state index in [1.165, 1.54) is 29.3 Å². The number of nitrogens with one attached hydrogen (secondary N) is 2. The number of aromatic nitrogens is 1. The number of hydrogen-bond acceptors (Lipinski definition) is 5. The lowest BCUT2D eigenvalue weighted by Gasteiger charge is -2.25. The molecule has 4 rings (SSSR count). The Balaban J connectivity index is 1.53. The molecule has 0 saturated carbocycles. The first-order valence-corrected chi connectivity index (χ1v) is 10.0. The van der Waals surface area contributed by atoms with E-state index >= 15 is 0 Å². The molecule has 11 heteroatoms. The minimum absolute atomic E-state index is 0.0121. The summed E-state index contributed by atoms with van der Waals surface area (Å²) in [6, 6.07) is 14.7. The first kappa shape index (κ1) is 22.4. The summed E-state index contributed by atoms with van der Waals surface area (Å²) in [7, 11) is 0. The van der Waals surface area contributed by atoms with Crippen LogP contribution in [0, 0.1) is 0 Å². The van der Waals surface area contributed by atoms with Gasteiger partial charge in [-0.15, -0.1) is 0 Å².